The smallest absolute Gasteiger partial charge is 0.263 e. The van der Waals surface area contributed by atoms with Crippen LogP contribution in [-0.4, -0.2) is 35.1 Å². The van der Waals surface area contributed by atoms with Gasteiger partial charge in [-0.15, -0.1) is 11.3 Å². The van der Waals surface area contributed by atoms with Crippen LogP contribution in [0.5, 0.6) is 0 Å². The van der Waals surface area contributed by atoms with E-state index >= 15 is 0 Å². The Morgan fingerprint density at radius 1 is 1.28 bits per heavy atom. The molecule has 0 atom stereocenters. The van der Waals surface area contributed by atoms with E-state index in [4.69, 9.17) is 0 Å². The molecule has 1 aromatic carbocycles. The summed E-state index contributed by atoms with van der Waals surface area (Å²) in [7, 11) is 0. The van der Waals surface area contributed by atoms with Gasteiger partial charge >= 0.3 is 0 Å². The molecule has 3 heterocycles. The maximum absolute atomic E-state index is 13.0. The Morgan fingerprint density at radius 2 is 2.07 bits per heavy atom. The van der Waals surface area contributed by atoms with Crippen LogP contribution in [0.15, 0.2) is 41.3 Å². The fourth-order valence-electron chi connectivity index (χ4n) is 3.85. The van der Waals surface area contributed by atoms with Crippen molar-refractivity contribution >= 4 is 27.5 Å². The molecule has 0 bridgehead atoms. The summed E-state index contributed by atoms with van der Waals surface area (Å²) in [6.45, 7) is 4.15. The molecule has 0 radical (unpaired) electrons. The Bertz CT molecular complexity index is 1030. The molecule has 1 amide bonds. The number of aryl methyl sites for hydroxylation is 2. The summed E-state index contributed by atoms with van der Waals surface area (Å²) in [4.78, 5) is 30.3. The number of fused-ring (bicyclic) bond motifs is 1. The highest BCUT2D eigenvalue weighted by molar-refractivity contribution is 7.18. The van der Waals surface area contributed by atoms with E-state index < -0.39 is 0 Å². The fraction of sp³-hybridized carbons (Fsp3) is 0.409. The summed E-state index contributed by atoms with van der Waals surface area (Å²) in [6, 6.07) is 10.1. The molecule has 4 rings (SSSR count). The van der Waals surface area contributed by atoms with Crippen molar-refractivity contribution in [2.45, 2.75) is 38.6 Å². The first-order valence-electron chi connectivity index (χ1n) is 10.2. The van der Waals surface area contributed by atoms with Crippen molar-refractivity contribution in [3.63, 3.8) is 0 Å². The number of nitrogens with one attached hydrogen (secondary N) is 2. The summed E-state index contributed by atoms with van der Waals surface area (Å²) >= 11 is 1.69. The number of carbonyl (C=O) groups excluding carboxylic acids is 1. The van der Waals surface area contributed by atoms with Crippen LogP contribution in [0.1, 0.15) is 46.2 Å². The summed E-state index contributed by atoms with van der Waals surface area (Å²) < 4.78 is 2.93. The highest BCUT2D eigenvalue weighted by Gasteiger charge is 2.21. The Kier molecular flexibility index (Phi) is 6.06. The third-order valence-electron chi connectivity index (χ3n) is 5.45. The largest absolute Gasteiger partial charge is 0.352 e. The second-order valence-electron chi connectivity index (χ2n) is 7.50. The number of amides is 1. The van der Waals surface area contributed by atoms with E-state index in [1.165, 1.54) is 4.70 Å². The molecule has 0 saturated carbocycles. The molecule has 1 fully saturated rings. The molecule has 2 N–H and O–H groups in total. The van der Waals surface area contributed by atoms with Crippen LogP contribution in [0.3, 0.4) is 0 Å². The molecule has 29 heavy (non-hydrogen) atoms. The van der Waals surface area contributed by atoms with Crippen LogP contribution in [0, 0.1) is 6.92 Å². The molecular weight excluding hydrogens is 384 g/mol. The number of pyridine rings is 1. The topological polar surface area (TPSA) is 76.0 Å². The Morgan fingerprint density at radius 3 is 2.86 bits per heavy atom. The molecule has 0 aliphatic carbocycles. The normalized spacial score (nSPS) is 14.9. The van der Waals surface area contributed by atoms with E-state index in [-0.39, 0.29) is 23.1 Å². The molecule has 0 unspecified atom stereocenters. The van der Waals surface area contributed by atoms with Crippen molar-refractivity contribution in [1.82, 2.24) is 20.2 Å². The summed E-state index contributed by atoms with van der Waals surface area (Å²) in [5.41, 5.74) is 1.84. The van der Waals surface area contributed by atoms with E-state index in [1.807, 2.05) is 37.4 Å². The monoisotopic (exact) mass is 410 g/mol. The molecular formula is C22H26N4O2S. The van der Waals surface area contributed by atoms with Gasteiger partial charge in [0.25, 0.3) is 11.5 Å². The lowest BCUT2D eigenvalue weighted by Gasteiger charge is -2.25. The lowest BCUT2D eigenvalue weighted by atomic mass is 10.0. The third kappa shape index (κ3) is 4.41. The molecule has 0 spiro atoms. The van der Waals surface area contributed by atoms with Gasteiger partial charge in [-0.3, -0.25) is 9.59 Å². The van der Waals surface area contributed by atoms with Crippen LogP contribution in [-0.2, 0) is 6.42 Å². The van der Waals surface area contributed by atoms with Gasteiger partial charge in [0, 0.05) is 25.2 Å². The van der Waals surface area contributed by atoms with E-state index in [9.17, 15) is 9.59 Å². The summed E-state index contributed by atoms with van der Waals surface area (Å²) in [6.07, 6.45) is 5.25. The van der Waals surface area contributed by atoms with Crippen molar-refractivity contribution in [3.8, 4) is 0 Å². The van der Waals surface area contributed by atoms with Gasteiger partial charge in [0.05, 0.1) is 15.2 Å². The highest BCUT2D eigenvalue weighted by atomic mass is 32.1. The van der Waals surface area contributed by atoms with Gasteiger partial charge in [-0.05, 0) is 63.0 Å². The number of benzene rings is 1. The number of thiazole rings is 1. The predicted octanol–water partition coefficient (Wildman–Crippen LogP) is 3.05. The fourth-order valence-corrected chi connectivity index (χ4v) is 4.86. The van der Waals surface area contributed by atoms with E-state index in [1.54, 1.807) is 15.9 Å². The van der Waals surface area contributed by atoms with Crippen LogP contribution in [0.2, 0.25) is 0 Å². The molecule has 7 heteroatoms. The molecule has 3 aromatic rings. The quantitative estimate of drug-likeness (QED) is 0.613. The van der Waals surface area contributed by atoms with Gasteiger partial charge < -0.3 is 15.2 Å². The zero-order chi connectivity index (χ0) is 20.2. The Balaban J connectivity index is 1.38. The molecule has 1 aliphatic heterocycles. The molecule has 2 aromatic heterocycles. The Hall–Kier alpha value is -2.51. The minimum absolute atomic E-state index is 0.162. The molecule has 6 nitrogen and oxygen atoms in total. The van der Waals surface area contributed by atoms with Gasteiger partial charge in [0.2, 0.25) is 0 Å². The minimum atomic E-state index is -0.278. The second-order valence-corrected chi connectivity index (χ2v) is 8.62. The van der Waals surface area contributed by atoms with Gasteiger partial charge in [0.15, 0.2) is 0 Å². The van der Waals surface area contributed by atoms with Crippen LogP contribution in [0.25, 0.3) is 10.2 Å². The van der Waals surface area contributed by atoms with Crippen molar-refractivity contribution in [2.24, 2.45) is 0 Å². The van der Waals surface area contributed by atoms with Crippen molar-refractivity contribution < 1.29 is 4.79 Å². The number of piperidine rings is 1. The average molecular weight is 411 g/mol. The van der Waals surface area contributed by atoms with Gasteiger partial charge in [-0.2, -0.15) is 0 Å². The molecule has 1 saturated heterocycles. The number of carbonyl (C=O) groups is 1. The third-order valence-corrected chi connectivity index (χ3v) is 6.54. The zero-order valence-corrected chi connectivity index (χ0v) is 17.4. The van der Waals surface area contributed by atoms with Crippen molar-refractivity contribution in [2.75, 3.05) is 19.6 Å². The first-order valence-corrected chi connectivity index (χ1v) is 11.0. The van der Waals surface area contributed by atoms with Gasteiger partial charge in [-0.1, -0.05) is 12.1 Å². The number of rotatable bonds is 6. The predicted molar refractivity (Wildman–Crippen MR) is 117 cm³/mol. The highest BCUT2D eigenvalue weighted by Crippen LogP contribution is 2.22. The van der Waals surface area contributed by atoms with Crippen molar-refractivity contribution in [1.29, 1.82) is 0 Å². The number of hydrogen-bond donors (Lipinski definition) is 2. The number of para-hydroxylation sites is 1. The van der Waals surface area contributed by atoms with E-state index in [2.05, 4.69) is 21.7 Å². The second kappa shape index (κ2) is 8.88. The standard InChI is InChI=1S/C22H26N4O2S/c1-15-10-14-26(16-8-12-23-13-9-16)22(28)20(15)21(27)24-11-4-7-19-25-17-5-2-3-6-18(17)29-19/h2-3,5-6,10,14,16,23H,4,7-9,11-13H2,1H3,(H,24,27). The number of nitrogens with zero attached hydrogens (tertiary/aromatic N) is 2. The minimum Gasteiger partial charge on any atom is -0.352 e. The maximum atomic E-state index is 13.0. The lowest BCUT2D eigenvalue weighted by Crippen LogP contribution is -2.38. The summed E-state index contributed by atoms with van der Waals surface area (Å²) in [5, 5.41) is 7.31. The SMILES string of the molecule is Cc1ccn(C2CCNCC2)c(=O)c1C(=O)NCCCc1nc2ccccc2s1. The first kappa shape index (κ1) is 19.8. The maximum Gasteiger partial charge on any atom is 0.263 e. The Labute approximate surface area is 174 Å². The molecule has 152 valence electrons. The van der Waals surface area contributed by atoms with Gasteiger partial charge in [-0.25, -0.2) is 4.98 Å². The average Bonchev–Trinajstić information content (AvgIpc) is 3.15. The van der Waals surface area contributed by atoms with E-state index in [0.717, 1.165) is 54.9 Å². The lowest BCUT2D eigenvalue weighted by molar-refractivity contribution is 0.0950. The molecule has 1 aliphatic rings. The van der Waals surface area contributed by atoms with Crippen LogP contribution in [0.4, 0.5) is 0 Å². The van der Waals surface area contributed by atoms with Crippen LogP contribution >= 0.6 is 11.3 Å². The van der Waals surface area contributed by atoms with Crippen molar-refractivity contribution in [3.05, 3.63) is 63.0 Å². The summed E-state index contributed by atoms with van der Waals surface area (Å²) in [5.74, 6) is -0.278. The first-order chi connectivity index (χ1) is 14.1. The number of aromatic nitrogens is 2. The zero-order valence-electron chi connectivity index (χ0n) is 16.6. The van der Waals surface area contributed by atoms with Gasteiger partial charge in [0.1, 0.15) is 5.56 Å². The number of hydrogen-bond acceptors (Lipinski definition) is 5. The van der Waals surface area contributed by atoms with Crippen LogP contribution < -0.4 is 16.2 Å². The van der Waals surface area contributed by atoms with E-state index in [0.29, 0.717) is 6.54 Å².